The third-order valence-corrected chi connectivity index (χ3v) is 5.08. The highest BCUT2D eigenvalue weighted by molar-refractivity contribution is 7.20. The maximum Gasteiger partial charge on any atom is 0.348 e. The molecular weight excluding hydrogens is 332 g/mol. The van der Waals surface area contributed by atoms with E-state index in [4.69, 9.17) is 9.47 Å². The number of aryl methyl sites for hydroxylation is 1. The molecule has 2 atom stereocenters. The van der Waals surface area contributed by atoms with Crippen molar-refractivity contribution in [3.63, 3.8) is 0 Å². The van der Waals surface area contributed by atoms with Gasteiger partial charge in [-0.2, -0.15) is 0 Å². The molecule has 0 radical (unpaired) electrons. The molecule has 0 saturated carbocycles. The van der Waals surface area contributed by atoms with Gasteiger partial charge in [-0.3, -0.25) is 9.36 Å². The van der Waals surface area contributed by atoms with Crippen LogP contribution in [0.25, 0.3) is 10.2 Å². The van der Waals surface area contributed by atoms with Gasteiger partial charge in [-0.05, 0) is 32.8 Å². The van der Waals surface area contributed by atoms with Gasteiger partial charge >= 0.3 is 11.9 Å². The first-order valence-corrected chi connectivity index (χ1v) is 8.42. The summed E-state index contributed by atoms with van der Waals surface area (Å²) in [5.74, 6) is -1.00. The third kappa shape index (κ3) is 3.19. The summed E-state index contributed by atoms with van der Waals surface area (Å²) in [6.45, 7) is 6.95. The molecule has 0 N–H and O–H groups in total. The van der Waals surface area contributed by atoms with Crippen LogP contribution in [-0.4, -0.2) is 34.7 Å². The fourth-order valence-electron chi connectivity index (χ4n) is 2.19. The number of rotatable bonds is 5. The summed E-state index contributed by atoms with van der Waals surface area (Å²) in [4.78, 5) is 41.7. The topological polar surface area (TPSA) is 87.5 Å². The Morgan fingerprint density at radius 2 is 2.04 bits per heavy atom. The van der Waals surface area contributed by atoms with E-state index in [0.29, 0.717) is 27.1 Å². The van der Waals surface area contributed by atoms with Crippen LogP contribution in [0.4, 0.5) is 0 Å². The normalized spacial score (nSPS) is 13.5. The Morgan fingerprint density at radius 1 is 1.38 bits per heavy atom. The quantitative estimate of drug-likeness (QED) is 0.768. The van der Waals surface area contributed by atoms with Crippen molar-refractivity contribution < 1.29 is 19.1 Å². The van der Waals surface area contributed by atoms with Crippen LogP contribution in [0.3, 0.4) is 0 Å². The second kappa shape index (κ2) is 7.12. The number of thiophene rings is 1. The van der Waals surface area contributed by atoms with Crippen molar-refractivity contribution >= 4 is 33.5 Å². The molecule has 0 aliphatic heterocycles. The first kappa shape index (κ1) is 18.1. The van der Waals surface area contributed by atoms with Crippen molar-refractivity contribution in [2.24, 2.45) is 0 Å². The Hall–Kier alpha value is -2.22. The highest BCUT2D eigenvalue weighted by atomic mass is 32.1. The van der Waals surface area contributed by atoms with E-state index in [0.717, 1.165) is 11.3 Å². The van der Waals surface area contributed by atoms with Crippen molar-refractivity contribution in [2.45, 2.75) is 46.3 Å². The first-order chi connectivity index (χ1) is 11.3. The average molecular weight is 352 g/mol. The second-order valence-corrected chi connectivity index (χ2v) is 6.52. The van der Waals surface area contributed by atoms with Crippen LogP contribution >= 0.6 is 11.3 Å². The molecular formula is C16H20N2O5S. The number of nitrogens with zero attached hydrogens (tertiary/aromatic N) is 2. The maximum absolute atomic E-state index is 12.7. The molecule has 0 amide bonds. The van der Waals surface area contributed by atoms with Gasteiger partial charge < -0.3 is 9.47 Å². The summed E-state index contributed by atoms with van der Waals surface area (Å²) >= 11 is 1.10. The van der Waals surface area contributed by atoms with Crippen molar-refractivity contribution in [2.75, 3.05) is 7.11 Å². The summed E-state index contributed by atoms with van der Waals surface area (Å²) in [5, 5.41) is 0.325. The number of esters is 2. The number of carbonyl (C=O) groups excluding carboxylic acids is 2. The van der Waals surface area contributed by atoms with Crippen LogP contribution in [0.2, 0.25) is 0 Å². The molecule has 130 valence electrons. The molecule has 0 bridgehead atoms. The lowest BCUT2D eigenvalue weighted by Crippen LogP contribution is -2.31. The lowest BCUT2D eigenvalue weighted by atomic mass is 10.2. The predicted octanol–water partition coefficient (Wildman–Crippen LogP) is 2.46. The minimum Gasteiger partial charge on any atom is -0.465 e. The molecule has 2 rings (SSSR count). The summed E-state index contributed by atoms with van der Waals surface area (Å²) in [6, 6.07) is -0.802. The Kier molecular flexibility index (Phi) is 5.38. The Morgan fingerprint density at radius 3 is 2.62 bits per heavy atom. The molecule has 0 fully saturated rings. The number of methoxy groups -OCH3 is 1. The number of hydrogen-bond acceptors (Lipinski definition) is 7. The monoisotopic (exact) mass is 352 g/mol. The summed E-state index contributed by atoms with van der Waals surface area (Å²) in [6.07, 6.45) is 1.78. The van der Waals surface area contributed by atoms with Gasteiger partial charge in [-0.15, -0.1) is 11.3 Å². The van der Waals surface area contributed by atoms with Crippen LogP contribution in [0.1, 0.15) is 48.5 Å². The van der Waals surface area contributed by atoms with E-state index in [1.807, 2.05) is 6.92 Å². The largest absolute Gasteiger partial charge is 0.465 e. The zero-order valence-electron chi connectivity index (χ0n) is 14.3. The summed E-state index contributed by atoms with van der Waals surface area (Å²) < 4.78 is 11.2. The summed E-state index contributed by atoms with van der Waals surface area (Å²) in [7, 11) is 1.28. The van der Waals surface area contributed by atoms with Gasteiger partial charge in [0.2, 0.25) is 0 Å². The van der Waals surface area contributed by atoms with E-state index < -0.39 is 18.0 Å². The zero-order chi connectivity index (χ0) is 18.0. The SMILES string of the molecule is CC[C@@H](C)OC(=O)[C@H](C)n1cnc2sc(C(=O)OC)c(C)c2c1=O. The van der Waals surface area contributed by atoms with Crippen LogP contribution in [0, 0.1) is 6.92 Å². The van der Waals surface area contributed by atoms with E-state index >= 15 is 0 Å². The Labute approximate surface area is 143 Å². The van der Waals surface area contributed by atoms with Gasteiger partial charge in [0, 0.05) is 0 Å². The predicted molar refractivity (Wildman–Crippen MR) is 90.5 cm³/mol. The number of ether oxygens (including phenoxy) is 2. The Balaban J connectivity index is 2.48. The molecule has 0 unspecified atom stereocenters. The lowest BCUT2D eigenvalue weighted by Gasteiger charge is -2.17. The fraction of sp³-hybridized carbons (Fsp3) is 0.500. The molecule has 7 nitrogen and oxygen atoms in total. The van der Waals surface area contributed by atoms with E-state index in [1.165, 1.54) is 18.0 Å². The number of fused-ring (bicyclic) bond motifs is 1. The van der Waals surface area contributed by atoms with Gasteiger partial charge in [-0.25, -0.2) is 14.6 Å². The zero-order valence-corrected chi connectivity index (χ0v) is 15.1. The molecule has 24 heavy (non-hydrogen) atoms. The standard InChI is InChI=1S/C16H20N2O5S/c1-6-8(2)23-15(20)10(4)18-7-17-13-11(14(18)19)9(3)12(24-13)16(21)22-5/h7-8,10H,6H2,1-5H3/t8-,10+/m1/s1. The number of carbonyl (C=O) groups is 2. The minimum absolute atomic E-state index is 0.221. The van der Waals surface area contributed by atoms with Crippen LogP contribution in [-0.2, 0) is 14.3 Å². The molecule has 0 aromatic carbocycles. The van der Waals surface area contributed by atoms with Crippen LogP contribution in [0.5, 0.6) is 0 Å². The van der Waals surface area contributed by atoms with E-state index in [2.05, 4.69) is 4.98 Å². The van der Waals surface area contributed by atoms with E-state index in [9.17, 15) is 14.4 Å². The molecule has 8 heteroatoms. The fourth-order valence-corrected chi connectivity index (χ4v) is 3.25. The molecule has 0 saturated heterocycles. The van der Waals surface area contributed by atoms with Crippen molar-refractivity contribution in [1.82, 2.24) is 9.55 Å². The lowest BCUT2D eigenvalue weighted by molar-refractivity contribution is -0.152. The van der Waals surface area contributed by atoms with Gasteiger partial charge in [0.15, 0.2) is 0 Å². The molecule has 2 heterocycles. The van der Waals surface area contributed by atoms with Gasteiger partial charge in [0.05, 0.1) is 24.9 Å². The number of aromatic nitrogens is 2. The van der Waals surface area contributed by atoms with Gasteiger partial charge in [-0.1, -0.05) is 6.92 Å². The van der Waals surface area contributed by atoms with Crippen molar-refractivity contribution in [3.05, 3.63) is 27.1 Å². The maximum atomic E-state index is 12.7. The molecule has 0 aliphatic rings. The average Bonchev–Trinajstić information content (AvgIpc) is 2.91. The van der Waals surface area contributed by atoms with E-state index in [1.54, 1.807) is 20.8 Å². The highest BCUT2D eigenvalue weighted by Crippen LogP contribution is 2.27. The Bertz CT molecular complexity index is 839. The second-order valence-electron chi connectivity index (χ2n) is 5.52. The molecule has 0 spiro atoms. The summed E-state index contributed by atoms with van der Waals surface area (Å²) in [5.41, 5.74) is 0.133. The number of hydrogen-bond donors (Lipinski definition) is 0. The third-order valence-electron chi connectivity index (χ3n) is 3.90. The van der Waals surface area contributed by atoms with Crippen LogP contribution < -0.4 is 5.56 Å². The van der Waals surface area contributed by atoms with Crippen LogP contribution in [0.15, 0.2) is 11.1 Å². The van der Waals surface area contributed by atoms with Gasteiger partial charge in [0.25, 0.3) is 5.56 Å². The van der Waals surface area contributed by atoms with Gasteiger partial charge in [0.1, 0.15) is 15.7 Å². The van der Waals surface area contributed by atoms with Crippen molar-refractivity contribution in [1.29, 1.82) is 0 Å². The minimum atomic E-state index is -0.802. The van der Waals surface area contributed by atoms with E-state index in [-0.39, 0.29) is 11.7 Å². The first-order valence-electron chi connectivity index (χ1n) is 7.60. The van der Waals surface area contributed by atoms with Crippen molar-refractivity contribution in [3.8, 4) is 0 Å². The molecule has 0 aliphatic carbocycles. The smallest absolute Gasteiger partial charge is 0.348 e. The molecule has 2 aromatic heterocycles. The molecule has 2 aromatic rings. The highest BCUT2D eigenvalue weighted by Gasteiger charge is 2.24.